The molecule has 1 spiro atoms. The number of hydrogen-bond donors (Lipinski definition) is 1. The van der Waals surface area contributed by atoms with Gasteiger partial charge in [-0.05, 0) is 67.3 Å². The number of thioether (sulfide) groups is 1. The summed E-state index contributed by atoms with van der Waals surface area (Å²) in [6.07, 6.45) is 0.919. The number of nitrogens with one attached hydrogen (secondary N) is 1. The zero-order valence-electron chi connectivity index (χ0n) is 20.0. The van der Waals surface area contributed by atoms with Gasteiger partial charge in [0.05, 0.1) is 11.4 Å². The van der Waals surface area contributed by atoms with Gasteiger partial charge < -0.3 is 5.32 Å². The highest BCUT2D eigenvalue weighted by Gasteiger charge is 2.61. The van der Waals surface area contributed by atoms with Crippen LogP contribution < -0.4 is 15.1 Å². The number of rotatable bonds is 5. The zero-order chi connectivity index (χ0) is 24.7. The van der Waals surface area contributed by atoms with Gasteiger partial charge in [-0.15, -0.1) is 11.8 Å². The maximum atomic E-state index is 14.1. The fourth-order valence-electron chi connectivity index (χ4n) is 4.74. The predicted molar refractivity (Wildman–Crippen MR) is 141 cm³/mol. The van der Waals surface area contributed by atoms with Gasteiger partial charge in [-0.25, -0.2) is 0 Å². The number of carbonyl (C=O) groups is 3. The number of aryl methyl sites for hydroxylation is 3. The van der Waals surface area contributed by atoms with E-state index in [1.54, 1.807) is 4.90 Å². The molecule has 6 nitrogen and oxygen atoms in total. The number of anilines is 3. The highest BCUT2D eigenvalue weighted by atomic mass is 32.2. The number of carbonyl (C=O) groups excluding carboxylic acids is 3. The summed E-state index contributed by atoms with van der Waals surface area (Å²) in [7, 11) is 0. The van der Waals surface area contributed by atoms with Gasteiger partial charge in [-0.3, -0.25) is 24.2 Å². The second-order valence-electron chi connectivity index (χ2n) is 8.94. The lowest BCUT2D eigenvalue weighted by molar-refractivity contribution is -0.124. The van der Waals surface area contributed by atoms with Gasteiger partial charge in [0, 0.05) is 16.9 Å². The Morgan fingerprint density at radius 3 is 2.46 bits per heavy atom. The van der Waals surface area contributed by atoms with E-state index in [4.69, 9.17) is 0 Å². The molecule has 2 heterocycles. The molecule has 0 radical (unpaired) electrons. The lowest BCUT2D eigenvalue weighted by Crippen LogP contribution is -2.50. The molecule has 35 heavy (non-hydrogen) atoms. The van der Waals surface area contributed by atoms with Crippen molar-refractivity contribution in [1.82, 2.24) is 0 Å². The Morgan fingerprint density at radius 1 is 1.00 bits per heavy atom. The van der Waals surface area contributed by atoms with Crippen molar-refractivity contribution in [1.29, 1.82) is 0 Å². The third-order valence-corrected chi connectivity index (χ3v) is 8.15. The molecule has 1 atom stereocenters. The van der Waals surface area contributed by atoms with E-state index in [2.05, 4.69) is 12.2 Å². The minimum Gasteiger partial charge on any atom is -0.325 e. The molecule has 1 saturated heterocycles. The fourth-order valence-corrected chi connectivity index (χ4v) is 6.10. The first-order chi connectivity index (χ1) is 16.8. The van der Waals surface area contributed by atoms with Crippen LogP contribution in [0.4, 0.5) is 17.1 Å². The minimum atomic E-state index is -1.22. The topological polar surface area (TPSA) is 69.7 Å². The molecule has 5 rings (SSSR count). The average Bonchev–Trinajstić information content (AvgIpc) is 3.32. The fraction of sp³-hybridized carbons (Fsp3) is 0.250. The Labute approximate surface area is 209 Å². The van der Waals surface area contributed by atoms with Crippen molar-refractivity contribution < 1.29 is 14.4 Å². The highest BCUT2D eigenvalue weighted by molar-refractivity contribution is 8.02. The van der Waals surface area contributed by atoms with E-state index in [9.17, 15) is 14.4 Å². The second-order valence-corrected chi connectivity index (χ2v) is 10.1. The van der Waals surface area contributed by atoms with Crippen LogP contribution >= 0.6 is 11.8 Å². The van der Waals surface area contributed by atoms with Crippen LogP contribution in [0.2, 0.25) is 0 Å². The number of nitrogens with zero attached hydrogens (tertiary/aromatic N) is 2. The smallest absolute Gasteiger partial charge is 0.269 e. The summed E-state index contributed by atoms with van der Waals surface area (Å²) in [5.74, 6) is -0.494. The van der Waals surface area contributed by atoms with E-state index < -0.39 is 4.87 Å². The molecule has 2 aliphatic rings. The van der Waals surface area contributed by atoms with Crippen molar-refractivity contribution in [3.63, 3.8) is 0 Å². The first-order valence-electron chi connectivity index (χ1n) is 11.7. The van der Waals surface area contributed by atoms with Gasteiger partial charge in [0.25, 0.3) is 5.91 Å². The first-order valence-corrected chi connectivity index (χ1v) is 12.7. The summed E-state index contributed by atoms with van der Waals surface area (Å²) in [6.45, 7) is 5.95. The molecule has 3 amide bonds. The van der Waals surface area contributed by atoms with E-state index in [1.165, 1.54) is 22.2 Å². The molecular weight excluding hydrogens is 458 g/mol. The van der Waals surface area contributed by atoms with E-state index in [1.807, 2.05) is 80.6 Å². The van der Waals surface area contributed by atoms with Gasteiger partial charge >= 0.3 is 0 Å². The molecule has 0 unspecified atom stereocenters. The molecule has 2 aliphatic heterocycles. The number of hydrogen-bond acceptors (Lipinski definition) is 4. The van der Waals surface area contributed by atoms with Crippen LogP contribution in [0.15, 0.2) is 66.7 Å². The summed E-state index contributed by atoms with van der Waals surface area (Å²) < 4.78 is 0. The van der Waals surface area contributed by atoms with Crippen molar-refractivity contribution in [2.45, 2.75) is 32.1 Å². The third-order valence-electron chi connectivity index (χ3n) is 6.76. The van der Waals surface area contributed by atoms with E-state index in [-0.39, 0.29) is 30.0 Å². The predicted octanol–water partition coefficient (Wildman–Crippen LogP) is 4.78. The molecular formula is C28H27N3O3S. The monoisotopic (exact) mass is 485 g/mol. The number of amides is 3. The third kappa shape index (κ3) is 3.80. The van der Waals surface area contributed by atoms with Crippen LogP contribution in [0, 0.1) is 13.8 Å². The van der Waals surface area contributed by atoms with Crippen molar-refractivity contribution in [2.75, 3.05) is 27.4 Å². The van der Waals surface area contributed by atoms with E-state index in [0.717, 1.165) is 23.1 Å². The first kappa shape index (κ1) is 23.2. The molecule has 7 heteroatoms. The quantitative estimate of drug-likeness (QED) is 0.565. The Kier molecular flexibility index (Phi) is 5.89. The molecule has 0 aromatic heterocycles. The van der Waals surface area contributed by atoms with Gasteiger partial charge in [-0.2, -0.15) is 0 Å². The number of benzene rings is 3. The van der Waals surface area contributed by atoms with Gasteiger partial charge in [-0.1, -0.05) is 43.3 Å². The molecule has 0 bridgehead atoms. The minimum absolute atomic E-state index is 0.122. The summed E-state index contributed by atoms with van der Waals surface area (Å²) >= 11 is 1.32. The van der Waals surface area contributed by atoms with Crippen molar-refractivity contribution in [2.24, 2.45) is 0 Å². The van der Waals surface area contributed by atoms with Gasteiger partial charge in [0.2, 0.25) is 16.7 Å². The molecule has 0 saturated carbocycles. The highest BCUT2D eigenvalue weighted by Crippen LogP contribution is 2.55. The van der Waals surface area contributed by atoms with Crippen molar-refractivity contribution in [3.8, 4) is 0 Å². The molecule has 1 N–H and O–H groups in total. The van der Waals surface area contributed by atoms with Crippen LogP contribution in [0.1, 0.15) is 29.2 Å². The van der Waals surface area contributed by atoms with Gasteiger partial charge in [0.1, 0.15) is 6.54 Å². The second kappa shape index (κ2) is 8.89. The average molecular weight is 486 g/mol. The lowest BCUT2D eigenvalue weighted by Gasteiger charge is -2.33. The normalized spacial score (nSPS) is 18.9. The molecule has 1 fully saturated rings. The molecule has 178 valence electrons. The molecule has 0 aliphatic carbocycles. The summed E-state index contributed by atoms with van der Waals surface area (Å²) in [4.78, 5) is 42.1. The van der Waals surface area contributed by atoms with Crippen LogP contribution in [0.3, 0.4) is 0 Å². The van der Waals surface area contributed by atoms with Crippen LogP contribution in [0.25, 0.3) is 0 Å². The lowest BCUT2D eigenvalue weighted by atomic mass is 10.0. The number of para-hydroxylation sites is 1. The Balaban J connectivity index is 1.49. The summed E-state index contributed by atoms with van der Waals surface area (Å²) in [5, 5.41) is 2.90. The maximum Gasteiger partial charge on any atom is 0.269 e. The van der Waals surface area contributed by atoms with Crippen LogP contribution in [-0.2, 0) is 25.7 Å². The Hall–Kier alpha value is -3.58. The van der Waals surface area contributed by atoms with Gasteiger partial charge in [0.15, 0.2) is 0 Å². The maximum absolute atomic E-state index is 14.1. The SMILES string of the molecule is CCc1ccc(NC(=O)CN2C(=O)[C@@]3(SCC(=O)N3c3ccc(C)c(C)c3)c3ccccc32)cc1. The Bertz CT molecular complexity index is 1340. The van der Waals surface area contributed by atoms with Crippen molar-refractivity contribution in [3.05, 3.63) is 89.0 Å². The van der Waals surface area contributed by atoms with Crippen LogP contribution in [-0.4, -0.2) is 30.0 Å². The summed E-state index contributed by atoms with van der Waals surface area (Å²) in [6, 6.07) is 20.9. The van der Waals surface area contributed by atoms with Crippen molar-refractivity contribution >= 4 is 46.5 Å². The van der Waals surface area contributed by atoms with E-state index in [0.29, 0.717) is 17.1 Å². The zero-order valence-corrected chi connectivity index (χ0v) is 20.8. The summed E-state index contributed by atoms with van der Waals surface area (Å²) in [5.41, 5.74) is 6.11. The molecule has 3 aromatic carbocycles. The standard InChI is InChI=1S/C28H27N3O3S/c1-4-20-10-12-21(13-11-20)29-25(32)16-30-24-8-6-5-7-23(24)28(27(30)34)31(26(33)17-35-28)22-14-9-18(2)19(3)15-22/h5-15H,4,16-17H2,1-3H3,(H,29,32)/t28-/m0/s1. The van der Waals surface area contributed by atoms with Crippen LogP contribution in [0.5, 0.6) is 0 Å². The van der Waals surface area contributed by atoms with E-state index >= 15 is 0 Å². The Morgan fingerprint density at radius 2 is 1.74 bits per heavy atom. The molecule has 3 aromatic rings. The number of fused-ring (bicyclic) bond motifs is 2. The largest absolute Gasteiger partial charge is 0.325 e.